The number of piperidine rings is 2. The number of amides is 3. The summed E-state index contributed by atoms with van der Waals surface area (Å²) >= 11 is 0. The zero-order chi connectivity index (χ0) is 25.9. The first kappa shape index (κ1) is 25.5. The molecule has 36 heavy (non-hydrogen) atoms. The lowest BCUT2D eigenvalue weighted by Gasteiger charge is -2.34. The Bertz CT molecular complexity index is 1080. The van der Waals surface area contributed by atoms with E-state index in [0.29, 0.717) is 23.7 Å². The first-order valence-corrected chi connectivity index (χ1v) is 11.7. The van der Waals surface area contributed by atoms with E-state index in [9.17, 15) is 32.8 Å². The topological polar surface area (TPSA) is 102 Å². The Morgan fingerprint density at radius 3 is 2.03 bits per heavy atom. The van der Waals surface area contributed by atoms with Gasteiger partial charge in [-0.25, -0.2) is 5.06 Å². The molecule has 2 heterocycles. The molecule has 192 valence electrons. The predicted octanol–water partition coefficient (Wildman–Crippen LogP) is 3.98. The number of benzene rings is 2. The van der Waals surface area contributed by atoms with Gasteiger partial charge in [-0.15, -0.1) is 0 Å². The summed E-state index contributed by atoms with van der Waals surface area (Å²) < 4.78 is 38.6. The van der Waals surface area contributed by atoms with Gasteiger partial charge in [0.15, 0.2) is 0 Å². The van der Waals surface area contributed by atoms with Gasteiger partial charge in [0.2, 0.25) is 17.7 Å². The minimum absolute atomic E-state index is 0.0921. The zero-order valence-corrected chi connectivity index (χ0v) is 19.4. The van der Waals surface area contributed by atoms with Crippen LogP contribution in [0, 0.1) is 11.8 Å². The molecule has 0 unspecified atom stereocenters. The van der Waals surface area contributed by atoms with Crippen LogP contribution in [0.15, 0.2) is 48.5 Å². The van der Waals surface area contributed by atoms with E-state index >= 15 is 0 Å². The zero-order valence-electron chi connectivity index (χ0n) is 19.4. The largest absolute Gasteiger partial charge is 0.391 e. The maximum atomic E-state index is 12.9. The number of hydroxylamine groups is 2. The normalized spacial score (nSPS) is 17.6. The molecule has 0 bridgehead atoms. The SMILES string of the molecule is O=C1CC(C(=O)N(O)Cc2ccc(Nc3ccc(N4CCC(C(F)(F)F)CC4)cc3)cc2)CC(=O)N1. The molecule has 3 amide bonds. The summed E-state index contributed by atoms with van der Waals surface area (Å²) in [5, 5.41) is 16.0. The molecule has 8 nitrogen and oxygen atoms in total. The van der Waals surface area contributed by atoms with Gasteiger partial charge in [-0.2, -0.15) is 13.2 Å². The maximum Gasteiger partial charge on any atom is 0.391 e. The molecule has 2 aromatic rings. The third kappa shape index (κ3) is 6.34. The average molecular weight is 505 g/mol. The second-order valence-corrected chi connectivity index (χ2v) is 9.14. The first-order chi connectivity index (χ1) is 17.1. The number of halogens is 3. The van der Waals surface area contributed by atoms with Crippen LogP contribution >= 0.6 is 0 Å². The van der Waals surface area contributed by atoms with Crippen LogP contribution in [0.5, 0.6) is 0 Å². The molecule has 2 aromatic carbocycles. The van der Waals surface area contributed by atoms with Crippen LogP contribution in [-0.4, -0.2) is 47.3 Å². The Morgan fingerprint density at radius 2 is 1.50 bits per heavy atom. The number of nitrogens with one attached hydrogen (secondary N) is 2. The van der Waals surface area contributed by atoms with Crippen molar-refractivity contribution in [1.29, 1.82) is 0 Å². The molecule has 0 atom stereocenters. The van der Waals surface area contributed by atoms with Gasteiger partial charge in [0.25, 0.3) is 0 Å². The Morgan fingerprint density at radius 1 is 0.972 bits per heavy atom. The first-order valence-electron chi connectivity index (χ1n) is 11.7. The molecule has 0 spiro atoms. The summed E-state index contributed by atoms with van der Waals surface area (Å²) in [7, 11) is 0. The number of alkyl halides is 3. The number of hydrogen-bond acceptors (Lipinski definition) is 6. The fourth-order valence-electron chi connectivity index (χ4n) is 4.49. The van der Waals surface area contributed by atoms with Crippen LogP contribution in [0.2, 0.25) is 0 Å². The Labute approximate surface area is 206 Å². The van der Waals surface area contributed by atoms with Crippen molar-refractivity contribution in [2.24, 2.45) is 11.8 Å². The average Bonchev–Trinajstić information content (AvgIpc) is 2.84. The van der Waals surface area contributed by atoms with Gasteiger partial charge in [0, 0.05) is 43.0 Å². The third-order valence-corrected chi connectivity index (χ3v) is 6.51. The molecule has 11 heteroatoms. The Hall–Kier alpha value is -3.60. The number of nitrogens with zero attached hydrogens (tertiary/aromatic N) is 2. The van der Waals surface area contributed by atoms with E-state index in [4.69, 9.17) is 0 Å². The van der Waals surface area contributed by atoms with Crippen LogP contribution in [-0.2, 0) is 20.9 Å². The molecule has 4 rings (SSSR count). The van der Waals surface area contributed by atoms with Crippen LogP contribution in [0.3, 0.4) is 0 Å². The number of hydrogen-bond donors (Lipinski definition) is 3. The van der Waals surface area contributed by atoms with Crippen molar-refractivity contribution in [1.82, 2.24) is 10.4 Å². The molecular weight excluding hydrogens is 477 g/mol. The van der Waals surface area contributed by atoms with Crippen molar-refractivity contribution in [2.45, 2.75) is 38.4 Å². The van der Waals surface area contributed by atoms with Crippen molar-refractivity contribution in [3.05, 3.63) is 54.1 Å². The van der Waals surface area contributed by atoms with Gasteiger partial charge in [-0.05, 0) is 54.8 Å². The van der Waals surface area contributed by atoms with Gasteiger partial charge in [-0.3, -0.25) is 24.9 Å². The molecule has 2 aliphatic heterocycles. The molecule has 0 aliphatic carbocycles. The Balaban J connectivity index is 1.28. The van der Waals surface area contributed by atoms with Gasteiger partial charge >= 0.3 is 6.18 Å². The summed E-state index contributed by atoms with van der Waals surface area (Å²) in [6, 6.07) is 14.5. The molecule has 2 aliphatic rings. The minimum atomic E-state index is -4.13. The van der Waals surface area contributed by atoms with Crippen molar-refractivity contribution >= 4 is 34.8 Å². The number of carbonyl (C=O) groups is 3. The molecule has 0 saturated carbocycles. The lowest BCUT2D eigenvalue weighted by molar-refractivity contribution is -0.179. The maximum absolute atomic E-state index is 12.9. The van der Waals surface area contributed by atoms with E-state index in [1.54, 1.807) is 24.3 Å². The van der Waals surface area contributed by atoms with E-state index in [2.05, 4.69) is 10.6 Å². The van der Waals surface area contributed by atoms with Gasteiger partial charge in [0.1, 0.15) is 0 Å². The highest BCUT2D eigenvalue weighted by atomic mass is 19.4. The fourth-order valence-corrected chi connectivity index (χ4v) is 4.49. The monoisotopic (exact) mass is 504 g/mol. The van der Waals surface area contributed by atoms with Crippen LogP contribution < -0.4 is 15.5 Å². The van der Waals surface area contributed by atoms with E-state index in [0.717, 1.165) is 17.1 Å². The molecule has 2 saturated heterocycles. The summed E-state index contributed by atoms with van der Waals surface area (Å²) in [6.07, 6.45) is -4.22. The lowest BCUT2D eigenvalue weighted by Crippen LogP contribution is -2.44. The number of carbonyl (C=O) groups excluding carboxylic acids is 3. The molecule has 0 aromatic heterocycles. The molecule has 0 radical (unpaired) electrons. The molecule has 3 N–H and O–H groups in total. The van der Waals surface area contributed by atoms with E-state index < -0.39 is 35.7 Å². The van der Waals surface area contributed by atoms with Crippen molar-refractivity contribution in [3.63, 3.8) is 0 Å². The minimum Gasteiger partial charge on any atom is -0.372 e. The highest BCUT2D eigenvalue weighted by Gasteiger charge is 2.41. The van der Waals surface area contributed by atoms with Crippen molar-refractivity contribution in [2.75, 3.05) is 23.3 Å². The number of imide groups is 1. The quantitative estimate of drug-likeness (QED) is 0.313. The second-order valence-electron chi connectivity index (χ2n) is 9.14. The summed E-state index contributed by atoms with van der Waals surface area (Å²) in [5.74, 6) is -3.86. The van der Waals surface area contributed by atoms with Gasteiger partial charge in [0.05, 0.1) is 18.4 Å². The van der Waals surface area contributed by atoms with Crippen LogP contribution in [0.25, 0.3) is 0 Å². The predicted molar refractivity (Wildman–Crippen MR) is 125 cm³/mol. The lowest BCUT2D eigenvalue weighted by atomic mass is 9.96. The van der Waals surface area contributed by atoms with Crippen molar-refractivity contribution < 1.29 is 32.8 Å². The van der Waals surface area contributed by atoms with Crippen LogP contribution in [0.4, 0.5) is 30.2 Å². The van der Waals surface area contributed by atoms with Crippen molar-refractivity contribution in [3.8, 4) is 0 Å². The van der Waals surface area contributed by atoms with E-state index in [1.165, 1.54) is 0 Å². The second kappa shape index (κ2) is 10.6. The standard InChI is InChI=1S/C25H27F3N4O4/c26-25(27,28)18-9-11-31(12-10-18)21-7-5-20(6-8-21)29-19-3-1-16(2-4-19)15-32(36)24(35)17-13-22(33)30-23(34)14-17/h1-8,17-18,29,36H,9-15H2,(H,30,33,34). The number of rotatable bonds is 6. The molecular formula is C25H27F3N4O4. The third-order valence-electron chi connectivity index (χ3n) is 6.51. The Kier molecular flexibility index (Phi) is 7.48. The molecule has 2 fully saturated rings. The highest BCUT2D eigenvalue weighted by Crippen LogP contribution is 2.35. The summed E-state index contributed by atoms with van der Waals surface area (Å²) in [5.41, 5.74) is 3.10. The van der Waals surface area contributed by atoms with E-state index in [-0.39, 0.29) is 32.2 Å². The van der Waals surface area contributed by atoms with Gasteiger partial charge < -0.3 is 10.2 Å². The van der Waals surface area contributed by atoms with E-state index in [1.807, 2.05) is 29.2 Å². The number of anilines is 3. The highest BCUT2D eigenvalue weighted by molar-refractivity contribution is 6.01. The smallest absolute Gasteiger partial charge is 0.372 e. The van der Waals surface area contributed by atoms with Gasteiger partial charge in [-0.1, -0.05) is 12.1 Å². The summed E-state index contributed by atoms with van der Waals surface area (Å²) in [6.45, 7) is 0.644. The summed E-state index contributed by atoms with van der Waals surface area (Å²) in [4.78, 5) is 37.3. The fraction of sp³-hybridized carbons (Fsp3) is 0.400. The van der Waals surface area contributed by atoms with Crippen LogP contribution in [0.1, 0.15) is 31.2 Å².